The van der Waals surface area contributed by atoms with Gasteiger partial charge in [-0.2, -0.15) is 0 Å². The predicted molar refractivity (Wildman–Crippen MR) is 118 cm³/mol. The third-order valence-electron chi connectivity index (χ3n) is 5.41. The number of carbonyl (C=O) groups is 1. The largest absolute Gasteiger partial charge is 0.493 e. The van der Waals surface area contributed by atoms with E-state index in [9.17, 15) is 4.79 Å². The van der Waals surface area contributed by atoms with Crippen molar-refractivity contribution in [2.75, 3.05) is 28.4 Å². The maximum atomic E-state index is 13.3. The fourth-order valence-corrected chi connectivity index (χ4v) is 3.66. The van der Waals surface area contributed by atoms with E-state index in [2.05, 4.69) is 6.92 Å². The van der Waals surface area contributed by atoms with Gasteiger partial charge in [-0.15, -0.1) is 0 Å². The van der Waals surface area contributed by atoms with E-state index in [-0.39, 0.29) is 11.7 Å². The summed E-state index contributed by atoms with van der Waals surface area (Å²) in [5, 5.41) is 0. The minimum absolute atomic E-state index is 0.0818. The highest BCUT2D eigenvalue weighted by atomic mass is 16.5. The highest BCUT2D eigenvalue weighted by Crippen LogP contribution is 2.35. The molecule has 0 spiro atoms. The van der Waals surface area contributed by atoms with Crippen LogP contribution in [0.1, 0.15) is 30.9 Å². The third kappa shape index (κ3) is 4.51. The zero-order chi connectivity index (χ0) is 21.7. The Hall–Kier alpha value is -3.21. The molecule has 1 aliphatic carbocycles. The molecule has 1 atom stereocenters. The number of carbonyl (C=O) groups excluding carboxylic acids is 1. The van der Waals surface area contributed by atoms with Gasteiger partial charge in [-0.25, -0.2) is 0 Å². The van der Waals surface area contributed by atoms with Crippen molar-refractivity contribution >= 4 is 17.9 Å². The average Bonchev–Trinajstić information content (AvgIpc) is 2.78. The van der Waals surface area contributed by atoms with Crippen molar-refractivity contribution in [3.05, 3.63) is 58.7 Å². The second-order valence-electron chi connectivity index (χ2n) is 7.27. The molecule has 1 fully saturated rings. The van der Waals surface area contributed by atoms with Gasteiger partial charge >= 0.3 is 0 Å². The molecule has 1 aliphatic rings. The summed E-state index contributed by atoms with van der Waals surface area (Å²) in [6.07, 6.45) is 5.57. The molecule has 0 unspecified atom stereocenters. The Balaban J connectivity index is 1.94. The lowest BCUT2D eigenvalue weighted by Crippen LogP contribution is -2.19. The van der Waals surface area contributed by atoms with Crippen LogP contribution in [0.5, 0.6) is 23.0 Å². The van der Waals surface area contributed by atoms with E-state index in [1.54, 1.807) is 28.4 Å². The molecule has 5 heteroatoms. The van der Waals surface area contributed by atoms with E-state index in [4.69, 9.17) is 18.9 Å². The van der Waals surface area contributed by atoms with Crippen LogP contribution in [0.2, 0.25) is 0 Å². The molecule has 5 nitrogen and oxygen atoms in total. The first-order chi connectivity index (χ1) is 14.5. The van der Waals surface area contributed by atoms with Gasteiger partial charge in [0, 0.05) is 11.1 Å². The van der Waals surface area contributed by atoms with E-state index >= 15 is 0 Å². The lowest BCUT2D eigenvalue weighted by molar-refractivity contribution is -0.113. The Morgan fingerprint density at radius 3 is 1.77 bits per heavy atom. The fourth-order valence-electron chi connectivity index (χ4n) is 3.66. The predicted octanol–water partition coefficient (Wildman–Crippen LogP) is 5.19. The normalized spacial score (nSPS) is 19.1. The molecule has 0 heterocycles. The molecular weight excluding hydrogens is 380 g/mol. The van der Waals surface area contributed by atoms with Crippen LogP contribution >= 0.6 is 0 Å². The number of methoxy groups -OCH3 is 4. The van der Waals surface area contributed by atoms with Gasteiger partial charge in [-0.1, -0.05) is 19.1 Å². The smallest absolute Gasteiger partial charge is 0.185 e. The maximum Gasteiger partial charge on any atom is 0.185 e. The Morgan fingerprint density at radius 2 is 1.27 bits per heavy atom. The summed E-state index contributed by atoms with van der Waals surface area (Å²) in [4.78, 5) is 13.3. The topological polar surface area (TPSA) is 54.0 Å². The van der Waals surface area contributed by atoms with Gasteiger partial charge in [0.2, 0.25) is 0 Å². The van der Waals surface area contributed by atoms with Gasteiger partial charge in [-0.3, -0.25) is 4.79 Å². The first-order valence-corrected chi connectivity index (χ1v) is 9.91. The van der Waals surface area contributed by atoms with E-state index in [1.807, 2.05) is 48.6 Å². The zero-order valence-corrected chi connectivity index (χ0v) is 18.2. The van der Waals surface area contributed by atoms with Gasteiger partial charge < -0.3 is 18.9 Å². The van der Waals surface area contributed by atoms with Crippen LogP contribution in [0.15, 0.2) is 47.5 Å². The number of ether oxygens (including phenoxy) is 4. The van der Waals surface area contributed by atoms with Gasteiger partial charge in [0.05, 0.1) is 28.4 Å². The number of allylic oxidation sites excluding steroid dienone is 2. The Kier molecular flexibility index (Phi) is 6.83. The summed E-state index contributed by atoms with van der Waals surface area (Å²) in [6.45, 7) is 2.09. The molecule has 2 aromatic carbocycles. The van der Waals surface area contributed by atoms with Crippen molar-refractivity contribution in [2.24, 2.45) is 5.92 Å². The molecule has 1 saturated carbocycles. The fraction of sp³-hybridized carbons (Fsp3) is 0.320. The van der Waals surface area contributed by atoms with Crippen molar-refractivity contribution in [3.63, 3.8) is 0 Å². The first kappa shape index (κ1) is 21.5. The summed E-state index contributed by atoms with van der Waals surface area (Å²) >= 11 is 0. The SMILES string of the molecule is COc1ccc(/C=C2/CC[C@@H](C)/C(=C/c3ccc(OC)c(OC)c3)C2=O)cc1OC. The molecule has 158 valence electrons. The number of benzene rings is 2. The number of ketones is 1. The van der Waals surface area contributed by atoms with Crippen molar-refractivity contribution < 1.29 is 23.7 Å². The molecule has 0 radical (unpaired) electrons. The van der Waals surface area contributed by atoms with Gasteiger partial charge in [0.25, 0.3) is 0 Å². The number of rotatable bonds is 6. The second kappa shape index (κ2) is 9.53. The van der Waals surface area contributed by atoms with Crippen molar-refractivity contribution in [3.8, 4) is 23.0 Å². The van der Waals surface area contributed by atoms with Gasteiger partial charge in [-0.05, 0) is 66.3 Å². The van der Waals surface area contributed by atoms with Crippen molar-refractivity contribution in [1.29, 1.82) is 0 Å². The number of hydrogen-bond donors (Lipinski definition) is 0. The molecule has 0 bridgehead atoms. The van der Waals surface area contributed by atoms with E-state index in [0.717, 1.165) is 35.1 Å². The van der Waals surface area contributed by atoms with Crippen LogP contribution < -0.4 is 18.9 Å². The quantitative estimate of drug-likeness (QED) is 0.616. The minimum atomic E-state index is 0.0818. The molecule has 0 amide bonds. The van der Waals surface area contributed by atoms with E-state index in [0.29, 0.717) is 23.0 Å². The summed E-state index contributed by atoms with van der Waals surface area (Å²) in [6, 6.07) is 11.3. The van der Waals surface area contributed by atoms with E-state index < -0.39 is 0 Å². The van der Waals surface area contributed by atoms with Crippen LogP contribution in [0.25, 0.3) is 12.2 Å². The standard InChI is InChI=1S/C25H28O5/c1-16-6-9-19(12-17-7-10-21(27-2)23(14-17)29-4)25(26)20(16)13-18-8-11-22(28-3)24(15-18)30-5/h7-8,10-16H,6,9H2,1-5H3/b19-12-,20-13-/t16-/m1/s1. The molecule has 2 aromatic rings. The first-order valence-electron chi connectivity index (χ1n) is 9.91. The lowest BCUT2D eigenvalue weighted by Gasteiger charge is -2.23. The third-order valence-corrected chi connectivity index (χ3v) is 5.41. The summed E-state index contributed by atoms with van der Waals surface area (Å²) in [5.41, 5.74) is 3.43. The number of hydrogen-bond acceptors (Lipinski definition) is 5. The van der Waals surface area contributed by atoms with Gasteiger partial charge in [0.1, 0.15) is 0 Å². The summed E-state index contributed by atoms with van der Waals surface area (Å²) in [7, 11) is 6.42. The van der Waals surface area contributed by atoms with Crippen molar-refractivity contribution in [2.45, 2.75) is 19.8 Å². The molecule has 0 N–H and O–H groups in total. The summed E-state index contributed by atoms with van der Waals surface area (Å²) < 4.78 is 21.4. The van der Waals surface area contributed by atoms with E-state index in [1.165, 1.54) is 0 Å². The Morgan fingerprint density at radius 1 is 0.767 bits per heavy atom. The molecule has 3 rings (SSSR count). The van der Waals surface area contributed by atoms with Crippen LogP contribution in [-0.4, -0.2) is 34.2 Å². The Bertz CT molecular complexity index is 987. The number of Topliss-reactive ketones (excluding diaryl/α,β-unsaturated/α-hetero) is 1. The van der Waals surface area contributed by atoms with Crippen LogP contribution in [0.4, 0.5) is 0 Å². The highest BCUT2D eigenvalue weighted by Gasteiger charge is 2.26. The van der Waals surface area contributed by atoms with Crippen LogP contribution in [0.3, 0.4) is 0 Å². The maximum absolute atomic E-state index is 13.3. The lowest BCUT2D eigenvalue weighted by atomic mass is 9.80. The molecule has 0 aliphatic heterocycles. The minimum Gasteiger partial charge on any atom is -0.493 e. The second-order valence-corrected chi connectivity index (χ2v) is 7.27. The molecule has 30 heavy (non-hydrogen) atoms. The molecular formula is C25H28O5. The van der Waals surface area contributed by atoms with Crippen LogP contribution in [0, 0.1) is 5.92 Å². The molecule has 0 saturated heterocycles. The van der Waals surface area contributed by atoms with Crippen LogP contribution in [-0.2, 0) is 4.79 Å². The van der Waals surface area contributed by atoms with Crippen molar-refractivity contribution in [1.82, 2.24) is 0 Å². The monoisotopic (exact) mass is 408 g/mol. The summed E-state index contributed by atoms with van der Waals surface area (Å²) in [5.74, 6) is 2.88. The zero-order valence-electron chi connectivity index (χ0n) is 18.2. The highest BCUT2D eigenvalue weighted by molar-refractivity contribution is 6.14. The molecule has 0 aromatic heterocycles. The average molecular weight is 408 g/mol. The Labute approximate surface area is 177 Å². The van der Waals surface area contributed by atoms with Gasteiger partial charge in [0.15, 0.2) is 28.8 Å².